The molecule has 1 aromatic rings. The normalized spacial score (nSPS) is 24.6. The van der Waals surface area contributed by atoms with Gasteiger partial charge in [0, 0.05) is 6.54 Å². The van der Waals surface area contributed by atoms with Gasteiger partial charge in [-0.15, -0.1) is 0 Å². The number of hydrogen-bond donors (Lipinski definition) is 1. The highest BCUT2D eigenvalue weighted by atomic mass is 16.5. The van der Waals surface area contributed by atoms with Crippen LogP contribution in [0.1, 0.15) is 29.3 Å². The summed E-state index contributed by atoms with van der Waals surface area (Å²) in [4.78, 5) is 11.9. The van der Waals surface area contributed by atoms with Gasteiger partial charge in [0.2, 0.25) is 0 Å². The number of ether oxygens (including phenoxy) is 1. The van der Waals surface area contributed by atoms with Gasteiger partial charge in [0.1, 0.15) is 11.4 Å². The first kappa shape index (κ1) is 10.2. The molecule has 1 aliphatic rings. The number of hydrogen-bond acceptors (Lipinski definition) is 3. The Kier molecular flexibility index (Phi) is 2.27. The monoisotopic (exact) mass is 205 g/mol. The molecule has 0 spiro atoms. The highest BCUT2D eigenvalue weighted by molar-refractivity contribution is 6.00. The van der Waals surface area contributed by atoms with E-state index in [1.54, 1.807) is 0 Å². The summed E-state index contributed by atoms with van der Waals surface area (Å²) >= 11 is 0. The largest absolute Gasteiger partial charge is 0.485 e. The Hall–Kier alpha value is -1.35. The lowest BCUT2D eigenvalue weighted by Crippen LogP contribution is -2.45. The average Bonchev–Trinajstić information content (AvgIpc) is 2.20. The quantitative estimate of drug-likeness (QED) is 0.758. The second-order valence-electron chi connectivity index (χ2n) is 4.36. The number of carbonyl (C=O) groups excluding carboxylic acids is 1. The summed E-state index contributed by atoms with van der Waals surface area (Å²) in [5.74, 6) is 0.776. The minimum atomic E-state index is -0.542. The van der Waals surface area contributed by atoms with Gasteiger partial charge in [-0.3, -0.25) is 4.79 Å². The van der Waals surface area contributed by atoms with Gasteiger partial charge in [-0.25, -0.2) is 0 Å². The molecule has 2 rings (SSSR count). The summed E-state index contributed by atoms with van der Waals surface area (Å²) in [7, 11) is 0. The second kappa shape index (κ2) is 3.35. The fraction of sp³-hybridized carbons (Fsp3) is 0.417. The molecular weight excluding hydrogens is 190 g/mol. The molecule has 0 bridgehead atoms. The fourth-order valence-corrected chi connectivity index (χ4v) is 1.80. The molecular formula is C12H15NO2. The highest BCUT2D eigenvalue weighted by Gasteiger charge is 2.35. The molecule has 1 unspecified atom stereocenters. The highest BCUT2D eigenvalue weighted by Crippen LogP contribution is 2.33. The minimum absolute atomic E-state index is 0.118. The molecule has 0 saturated carbocycles. The van der Waals surface area contributed by atoms with Crippen LogP contribution in [-0.4, -0.2) is 17.9 Å². The summed E-state index contributed by atoms with van der Waals surface area (Å²) in [6.07, 6.45) is 0.361. The fourth-order valence-electron chi connectivity index (χ4n) is 1.80. The van der Waals surface area contributed by atoms with E-state index in [-0.39, 0.29) is 5.78 Å². The number of nitrogens with two attached hydrogens (primary N) is 1. The van der Waals surface area contributed by atoms with Crippen LogP contribution in [0.15, 0.2) is 18.2 Å². The van der Waals surface area contributed by atoms with E-state index in [2.05, 4.69) is 0 Å². The van der Waals surface area contributed by atoms with Crippen molar-refractivity contribution in [3.05, 3.63) is 29.3 Å². The molecule has 1 atom stereocenters. The van der Waals surface area contributed by atoms with Crippen molar-refractivity contribution in [1.82, 2.24) is 0 Å². The van der Waals surface area contributed by atoms with Crippen molar-refractivity contribution in [3.8, 4) is 5.75 Å². The lowest BCUT2D eigenvalue weighted by atomic mass is 9.91. The van der Waals surface area contributed by atoms with E-state index in [0.29, 0.717) is 24.3 Å². The van der Waals surface area contributed by atoms with Crippen LogP contribution in [0.5, 0.6) is 5.75 Å². The molecule has 0 saturated heterocycles. The van der Waals surface area contributed by atoms with Crippen LogP contribution in [0.25, 0.3) is 0 Å². The van der Waals surface area contributed by atoms with E-state index in [1.807, 2.05) is 32.0 Å². The average molecular weight is 205 g/mol. The van der Waals surface area contributed by atoms with Crippen LogP contribution >= 0.6 is 0 Å². The van der Waals surface area contributed by atoms with Gasteiger partial charge >= 0.3 is 0 Å². The number of carbonyl (C=O) groups is 1. The summed E-state index contributed by atoms with van der Waals surface area (Å²) in [5, 5.41) is 0. The molecule has 1 aliphatic heterocycles. The second-order valence-corrected chi connectivity index (χ2v) is 4.36. The SMILES string of the molecule is Cc1ccc2c(c1)C(=O)CC(C)(CN)O2. The summed E-state index contributed by atoms with van der Waals surface area (Å²) in [6.45, 7) is 4.18. The van der Waals surface area contributed by atoms with Crippen LogP contribution < -0.4 is 10.5 Å². The number of benzene rings is 1. The third-order valence-electron chi connectivity index (χ3n) is 2.76. The number of Topliss-reactive ketones (excluding diaryl/α,β-unsaturated/α-hetero) is 1. The molecule has 1 aromatic carbocycles. The standard InChI is InChI=1S/C12H15NO2/c1-8-3-4-11-9(5-8)10(14)6-12(2,7-13)15-11/h3-5H,6-7,13H2,1-2H3. The van der Waals surface area contributed by atoms with Gasteiger partial charge in [0.25, 0.3) is 0 Å². The Labute approximate surface area is 89.2 Å². The third kappa shape index (κ3) is 1.75. The van der Waals surface area contributed by atoms with Gasteiger partial charge in [0.05, 0.1) is 12.0 Å². The maximum absolute atomic E-state index is 11.9. The predicted molar refractivity (Wildman–Crippen MR) is 58.2 cm³/mol. The van der Waals surface area contributed by atoms with E-state index >= 15 is 0 Å². The molecule has 80 valence electrons. The maximum atomic E-state index is 11.9. The van der Waals surface area contributed by atoms with E-state index in [0.717, 1.165) is 5.56 Å². The Bertz CT molecular complexity index is 414. The Morgan fingerprint density at radius 2 is 2.27 bits per heavy atom. The summed E-state index contributed by atoms with van der Waals surface area (Å²) in [5.41, 5.74) is 6.82. The molecule has 0 aromatic heterocycles. The first-order valence-electron chi connectivity index (χ1n) is 5.07. The number of fused-ring (bicyclic) bond motifs is 1. The zero-order valence-corrected chi connectivity index (χ0v) is 9.04. The Balaban J connectivity index is 2.45. The molecule has 15 heavy (non-hydrogen) atoms. The lowest BCUT2D eigenvalue weighted by Gasteiger charge is -2.33. The number of ketones is 1. The first-order valence-corrected chi connectivity index (χ1v) is 5.07. The van der Waals surface area contributed by atoms with Crippen LogP contribution in [0, 0.1) is 6.92 Å². The van der Waals surface area contributed by atoms with Crippen molar-refractivity contribution in [2.24, 2.45) is 5.73 Å². The smallest absolute Gasteiger partial charge is 0.170 e. The van der Waals surface area contributed by atoms with E-state index in [1.165, 1.54) is 0 Å². The van der Waals surface area contributed by atoms with Crippen LogP contribution in [0.2, 0.25) is 0 Å². The molecule has 0 amide bonds. The van der Waals surface area contributed by atoms with E-state index in [9.17, 15) is 4.79 Å². The molecule has 0 radical (unpaired) electrons. The Morgan fingerprint density at radius 1 is 1.53 bits per heavy atom. The van der Waals surface area contributed by atoms with Crippen molar-refractivity contribution < 1.29 is 9.53 Å². The first-order chi connectivity index (χ1) is 7.04. The molecule has 3 nitrogen and oxygen atoms in total. The van der Waals surface area contributed by atoms with E-state index < -0.39 is 5.60 Å². The van der Waals surface area contributed by atoms with E-state index in [4.69, 9.17) is 10.5 Å². The topological polar surface area (TPSA) is 52.3 Å². The van der Waals surface area contributed by atoms with Crippen molar-refractivity contribution in [1.29, 1.82) is 0 Å². The number of aryl methyl sites for hydroxylation is 1. The van der Waals surface area contributed by atoms with Crippen molar-refractivity contribution in [3.63, 3.8) is 0 Å². The van der Waals surface area contributed by atoms with Gasteiger partial charge < -0.3 is 10.5 Å². The van der Waals surface area contributed by atoms with Gasteiger partial charge in [-0.1, -0.05) is 11.6 Å². The summed E-state index contributed by atoms with van der Waals surface area (Å²) in [6, 6.07) is 5.65. The number of rotatable bonds is 1. The van der Waals surface area contributed by atoms with Crippen molar-refractivity contribution in [2.45, 2.75) is 25.9 Å². The molecule has 3 heteroatoms. The zero-order chi connectivity index (χ0) is 11.1. The van der Waals surface area contributed by atoms with Gasteiger partial charge in [-0.05, 0) is 26.0 Å². The molecule has 1 heterocycles. The van der Waals surface area contributed by atoms with Crippen LogP contribution in [0.4, 0.5) is 0 Å². The van der Waals surface area contributed by atoms with Gasteiger partial charge in [0.15, 0.2) is 5.78 Å². The Morgan fingerprint density at radius 3 is 2.93 bits per heavy atom. The molecule has 0 fully saturated rings. The lowest BCUT2D eigenvalue weighted by molar-refractivity contribution is 0.0568. The van der Waals surface area contributed by atoms with Crippen LogP contribution in [-0.2, 0) is 0 Å². The van der Waals surface area contributed by atoms with Crippen molar-refractivity contribution >= 4 is 5.78 Å². The van der Waals surface area contributed by atoms with Crippen LogP contribution in [0.3, 0.4) is 0 Å². The third-order valence-corrected chi connectivity index (χ3v) is 2.76. The molecule has 2 N–H and O–H groups in total. The maximum Gasteiger partial charge on any atom is 0.170 e. The zero-order valence-electron chi connectivity index (χ0n) is 9.04. The van der Waals surface area contributed by atoms with Gasteiger partial charge in [-0.2, -0.15) is 0 Å². The minimum Gasteiger partial charge on any atom is -0.485 e. The van der Waals surface area contributed by atoms with Crippen molar-refractivity contribution in [2.75, 3.05) is 6.54 Å². The molecule has 0 aliphatic carbocycles. The predicted octanol–water partition coefficient (Wildman–Crippen LogP) is 1.68. The summed E-state index contributed by atoms with van der Waals surface area (Å²) < 4.78 is 5.75.